The molecule has 0 aliphatic rings. The molecule has 5 heteroatoms. The minimum atomic E-state index is -0.181. The molecule has 1 amide bonds. The molecule has 5 nitrogen and oxygen atoms in total. The minimum absolute atomic E-state index is 0.181. The summed E-state index contributed by atoms with van der Waals surface area (Å²) in [7, 11) is 0. The van der Waals surface area contributed by atoms with Crippen LogP contribution in [0.2, 0.25) is 0 Å². The molecule has 0 spiro atoms. The maximum atomic E-state index is 13.2. The molecule has 0 bridgehead atoms. The van der Waals surface area contributed by atoms with Crippen molar-refractivity contribution in [2.75, 3.05) is 5.32 Å². The van der Waals surface area contributed by atoms with E-state index in [1.165, 1.54) is 0 Å². The van der Waals surface area contributed by atoms with E-state index in [1.807, 2.05) is 92.3 Å². The Labute approximate surface area is 164 Å². The van der Waals surface area contributed by atoms with Crippen molar-refractivity contribution < 1.29 is 4.79 Å². The lowest BCUT2D eigenvalue weighted by molar-refractivity contribution is 0.102. The predicted molar refractivity (Wildman–Crippen MR) is 111 cm³/mol. The van der Waals surface area contributed by atoms with E-state index < -0.39 is 0 Å². The number of nitrogens with one attached hydrogen (secondary N) is 1. The zero-order valence-corrected chi connectivity index (χ0v) is 16.2. The summed E-state index contributed by atoms with van der Waals surface area (Å²) in [5.74, 6) is 0.527. The maximum absolute atomic E-state index is 13.2. The van der Waals surface area contributed by atoms with Crippen LogP contribution >= 0.6 is 0 Å². The Balaban J connectivity index is 1.80. The number of benzene rings is 2. The maximum Gasteiger partial charge on any atom is 0.261 e. The first-order valence-corrected chi connectivity index (χ1v) is 9.20. The number of carbonyl (C=O) groups is 1. The number of hydrogen-bond donors (Lipinski definition) is 1. The van der Waals surface area contributed by atoms with Crippen molar-refractivity contribution in [2.45, 2.75) is 20.8 Å². The van der Waals surface area contributed by atoms with E-state index in [2.05, 4.69) is 10.4 Å². The Morgan fingerprint density at radius 2 is 1.61 bits per heavy atom. The highest BCUT2D eigenvalue weighted by molar-refractivity contribution is 6.07. The molecule has 0 aliphatic heterocycles. The van der Waals surface area contributed by atoms with E-state index in [1.54, 1.807) is 10.9 Å². The molecule has 0 fully saturated rings. The van der Waals surface area contributed by atoms with Gasteiger partial charge in [0, 0.05) is 18.1 Å². The van der Waals surface area contributed by atoms with Crippen LogP contribution in [0.4, 0.5) is 5.69 Å². The number of anilines is 1. The third-order valence-electron chi connectivity index (χ3n) is 4.80. The lowest BCUT2D eigenvalue weighted by atomic mass is 10.1. The van der Waals surface area contributed by atoms with Crippen molar-refractivity contribution in [1.29, 1.82) is 0 Å². The molecule has 2 aromatic carbocycles. The lowest BCUT2D eigenvalue weighted by Gasteiger charge is -2.13. The van der Waals surface area contributed by atoms with Crippen LogP contribution in [-0.2, 0) is 0 Å². The molecule has 2 aromatic heterocycles. The van der Waals surface area contributed by atoms with E-state index >= 15 is 0 Å². The molecule has 0 aliphatic carbocycles. The Morgan fingerprint density at radius 3 is 2.29 bits per heavy atom. The molecule has 0 saturated carbocycles. The Bertz CT molecular complexity index is 1120. The summed E-state index contributed by atoms with van der Waals surface area (Å²) in [6, 6.07) is 17.9. The normalized spacial score (nSPS) is 10.8. The van der Waals surface area contributed by atoms with Crippen molar-refractivity contribution in [3.63, 3.8) is 0 Å². The van der Waals surface area contributed by atoms with E-state index in [-0.39, 0.29) is 5.91 Å². The minimum Gasteiger partial charge on any atom is -0.321 e. The van der Waals surface area contributed by atoms with Gasteiger partial charge in [0.25, 0.3) is 5.91 Å². The fraction of sp³-hybridized carbons (Fsp3) is 0.130. The Morgan fingerprint density at radius 1 is 0.929 bits per heavy atom. The van der Waals surface area contributed by atoms with Gasteiger partial charge in [-0.1, -0.05) is 30.3 Å². The number of para-hydroxylation sites is 1. The molecule has 2 heterocycles. The fourth-order valence-corrected chi connectivity index (χ4v) is 3.37. The first-order chi connectivity index (χ1) is 13.5. The summed E-state index contributed by atoms with van der Waals surface area (Å²) < 4.78 is 3.71. The summed E-state index contributed by atoms with van der Waals surface area (Å²) in [6.45, 7) is 6.02. The van der Waals surface area contributed by atoms with Crippen molar-refractivity contribution in [3.05, 3.63) is 95.4 Å². The second-order valence-corrected chi connectivity index (χ2v) is 6.94. The highest BCUT2D eigenvalue weighted by atomic mass is 16.1. The number of amides is 1. The van der Waals surface area contributed by atoms with E-state index in [4.69, 9.17) is 0 Å². The van der Waals surface area contributed by atoms with Crippen LogP contribution in [0.25, 0.3) is 11.5 Å². The van der Waals surface area contributed by atoms with Gasteiger partial charge in [0.1, 0.15) is 5.56 Å². The third-order valence-corrected chi connectivity index (χ3v) is 4.80. The Hall–Kier alpha value is -3.60. The van der Waals surface area contributed by atoms with Gasteiger partial charge in [-0.15, -0.1) is 0 Å². The molecule has 140 valence electrons. The van der Waals surface area contributed by atoms with Crippen LogP contribution in [0.3, 0.4) is 0 Å². The van der Waals surface area contributed by atoms with Crippen LogP contribution in [0.5, 0.6) is 0 Å². The van der Waals surface area contributed by atoms with Gasteiger partial charge in [0.15, 0.2) is 5.82 Å². The van der Waals surface area contributed by atoms with Gasteiger partial charge in [-0.2, -0.15) is 5.10 Å². The number of carbonyl (C=O) groups excluding carboxylic acids is 1. The van der Waals surface area contributed by atoms with Crippen LogP contribution in [0.1, 0.15) is 27.0 Å². The van der Waals surface area contributed by atoms with Gasteiger partial charge in [0.2, 0.25) is 0 Å². The third kappa shape index (κ3) is 3.22. The molecule has 4 aromatic rings. The van der Waals surface area contributed by atoms with Gasteiger partial charge in [-0.25, -0.2) is 4.68 Å². The van der Waals surface area contributed by atoms with E-state index in [0.29, 0.717) is 11.4 Å². The average molecular weight is 370 g/mol. The summed E-state index contributed by atoms with van der Waals surface area (Å²) in [5.41, 5.74) is 5.46. The Kier molecular flexibility index (Phi) is 4.57. The summed E-state index contributed by atoms with van der Waals surface area (Å²) in [4.78, 5) is 13.2. The zero-order valence-electron chi connectivity index (χ0n) is 16.2. The van der Waals surface area contributed by atoms with Gasteiger partial charge in [-0.3, -0.25) is 4.79 Å². The molecular formula is C23H22N4O. The standard InChI is InChI=1S/C23H22N4O/c1-16-8-6-11-19(14-16)27-23(26-12-4-5-13-26)20(15-24-27)22(28)25-21-17(2)9-7-10-18(21)3/h4-15H,1-3H3,(H,25,28). The summed E-state index contributed by atoms with van der Waals surface area (Å²) >= 11 is 0. The molecule has 1 N–H and O–H groups in total. The first kappa shape index (κ1) is 17.8. The van der Waals surface area contributed by atoms with Gasteiger partial charge < -0.3 is 9.88 Å². The summed E-state index contributed by atoms with van der Waals surface area (Å²) in [5, 5.41) is 7.59. The number of rotatable bonds is 4. The molecule has 0 atom stereocenters. The smallest absolute Gasteiger partial charge is 0.261 e. The van der Waals surface area contributed by atoms with Gasteiger partial charge in [-0.05, 0) is 61.7 Å². The lowest BCUT2D eigenvalue weighted by Crippen LogP contribution is -2.16. The average Bonchev–Trinajstić information content (AvgIpc) is 3.33. The van der Waals surface area contributed by atoms with Crippen molar-refractivity contribution in [3.8, 4) is 11.5 Å². The van der Waals surface area contributed by atoms with Crippen molar-refractivity contribution >= 4 is 11.6 Å². The summed E-state index contributed by atoms with van der Waals surface area (Å²) in [6.07, 6.45) is 5.46. The molecule has 28 heavy (non-hydrogen) atoms. The monoisotopic (exact) mass is 370 g/mol. The number of aromatic nitrogens is 3. The fourth-order valence-electron chi connectivity index (χ4n) is 3.37. The SMILES string of the molecule is Cc1cccc(-n2ncc(C(=O)Nc3c(C)cccc3C)c2-n2cccc2)c1. The zero-order chi connectivity index (χ0) is 19.7. The number of nitrogens with zero attached hydrogens (tertiary/aromatic N) is 3. The van der Waals surface area contributed by atoms with Gasteiger partial charge >= 0.3 is 0 Å². The number of aryl methyl sites for hydroxylation is 3. The predicted octanol–water partition coefficient (Wildman–Crippen LogP) is 4.84. The van der Waals surface area contributed by atoms with Crippen molar-refractivity contribution in [2.24, 2.45) is 0 Å². The highest BCUT2D eigenvalue weighted by Gasteiger charge is 2.21. The molecule has 0 saturated heterocycles. The second kappa shape index (κ2) is 7.19. The van der Waals surface area contributed by atoms with Crippen LogP contribution in [-0.4, -0.2) is 20.3 Å². The van der Waals surface area contributed by atoms with E-state index in [9.17, 15) is 4.79 Å². The first-order valence-electron chi connectivity index (χ1n) is 9.20. The van der Waals surface area contributed by atoms with Gasteiger partial charge in [0.05, 0.1) is 11.9 Å². The molecule has 0 radical (unpaired) electrons. The number of hydrogen-bond acceptors (Lipinski definition) is 2. The van der Waals surface area contributed by atoms with Crippen LogP contribution in [0, 0.1) is 20.8 Å². The molecular weight excluding hydrogens is 348 g/mol. The van der Waals surface area contributed by atoms with E-state index in [0.717, 1.165) is 28.1 Å². The van der Waals surface area contributed by atoms with Crippen LogP contribution < -0.4 is 5.32 Å². The van der Waals surface area contributed by atoms with Crippen molar-refractivity contribution in [1.82, 2.24) is 14.3 Å². The second-order valence-electron chi connectivity index (χ2n) is 6.94. The molecule has 4 rings (SSSR count). The largest absolute Gasteiger partial charge is 0.321 e. The quantitative estimate of drug-likeness (QED) is 0.559. The highest BCUT2D eigenvalue weighted by Crippen LogP contribution is 2.24. The van der Waals surface area contributed by atoms with Crippen LogP contribution in [0.15, 0.2) is 73.2 Å². The topological polar surface area (TPSA) is 51.9 Å². The molecule has 0 unspecified atom stereocenters.